The van der Waals surface area contributed by atoms with Gasteiger partial charge in [-0.25, -0.2) is 0 Å². The zero-order valence-corrected chi connectivity index (χ0v) is 8.90. The zero-order valence-electron chi connectivity index (χ0n) is 8.90. The number of nitrogens with zero attached hydrogens (tertiary/aromatic N) is 1. The van der Waals surface area contributed by atoms with Crippen LogP contribution in [0, 0.1) is 17.2 Å². The second-order valence-corrected chi connectivity index (χ2v) is 4.07. The van der Waals surface area contributed by atoms with Crippen LogP contribution >= 0.6 is 0 Å². The molecule has 0 bridgehead atoms. The highest BCUT2D eigenvalue weighted by molar-refractivity contribution is 5.77. The summed E-state index contributed by atoms with van der Waals surface area (Å²) in [6.45, 7) is 4.11. The summed E-state index contributed by atoms with van der Waals surface area (Å²) in [5.74, 6) is 0.266. The molecule has 1 aromatic carbocycles. The summed E-state index contributed by atoms with van der Waals surface area (Å²) >= 11 is 0. The molecule has 0 radical (unpaired) electrons. The number of fused-ring (bicyclic) bond motifs is 1. The van der Waals surface area contributed by atoms with Crippen LogP contribution in [-0.4, -0.2) is 0 Å². The molecule has 15 heavy (non-hydrogen) atoms. The van der Waals surface area contributed by atoms with E-state index in [4.69, 9.17) is 9.68 Å². The van der Waals surface area contributed by atoms with Gasteiger partial charge < -0.3 is 4.42 Å². The van der Waals surface area contributed by atoms with Crippen molar-refractivity contribution in [1.82, 2.24) is 0 Å². The zero-order chi connectivity index (χ0) is 10.8. The van der Waals surface area contributed by atoms with E-state index in [1.807, 2.05) is 24.3 Å². The number of benzene rings is 1. The van der Waals surface area contributed by atoms with Gasteiger partial charge in [-0.05, 0) is 23.6 Å². The van der Waals surface area contributed by atoms with Crippen LogP contribution in [0.15, 0.2) is 34.9 Å². The molecule has 0 amide bonds. The van der Waals surface area contributed by atoms with Crippen LogP contribution in [0.1, 0.15) is 25.3 Å². The normalized spacial score (nSPS) is 12.9. The third kappa shape index (κ3) is 1.73. The quantitative estimate of drug-likeness (QED) is 0.739. The Bertz CT molecular complexity index is 504. The van der Waals surface area contributed by atoms with Crippen molar-refractivity contribution < 1.29 is 4.42 Å². The summed E-state index contributed by atoms with van der Waals surface area (Å²) in [5.41, 5.74) is 1.89. The number of furan rings is 1. The Labute approximate surface area is 89.1 Å². The van der Waals surface area contributed by atoms with Crippen molar-refractivity contribution in [3.63, 3.8) is 0 Å². The second kappa shape index (κ2) is 3.78. The number of rotatable bonds is 2. The van der Waals surface area contributed by atoms with Gasteiger partial charge >= 0.3 is 0 Å². The minimum absolute atomic E-state index is 0.0560. The largest absolute Gasteiger partial charge is 0.464 e. The molecule has 0 aliphatic carbocycles. The lowest BCUT2D eigenvalue weighted by atomic mass is 9.89. The smallest absolute Gasteiger partial charge is 0.134 e. The number of hydrogen-bond donors (Lipinski definition) is 0. The Morgan fingerprint density at radius 1 is 1.27 bits per heavy atom. The standard InChI is InChI=1S/C13H13NO/c1-9(2)12(8-14)11-4-3-10-5-6-15-13(10)7-11/h3-7,9,12H,1-2H3. The number of hydrogen-bond acceptors (Lipinski definition) is 2. The van der Waals surface area contributed by atoms with Gasteiger partial charge in [-0.2, -0.15) is 5.26 Å². The van der Waals surface area contributed by atoms with Crippen molar-refractivity contribution in [3.05, 3.63) is 36.1 Å². The molecule has 2 aromatic rings. The summed E-state index contributed by atoms with van der Waals surface area (Å²) < 4.78 is 5.32. The highest BCUT2D eigenvalue weighted by atomic mass is 16.3. The fraction of sp³-hybridized carbons (Fsp3) is 0.308. The van der Waals surface area contributed by atoms with Crippen molar-refractivity contribution in [3.8, 4) is 6.07 Å². The predicted octanol–water partition coefficient (Wildman–Crippen LogP) is 3.70. The van der Waals surface area contributed by atoms with Gasteiger partial charge in [0.25, 0.3) is 0 Å². The maximum Gasteiger partial charge on any atom is 0.134 e. The predicted molar refractivity (Wildman–Crippen MR) is 59.4 cm³/mol. The van der Waals surface area contributed by atoms with Gasteiger partial charge in [0, 0.05) is 5.39 Å². The first kappa shape index (κ1) is 9.79. The van der Waals surface area contributed by atoms with Crippen molar-refractivity contribution in [2.75, 3.05) is 0 Å². The minimum Gasteiger partial charge on any atom is -0.464 e. The van der Waals surface area contributed by atoms with Crippen LogP contribution in [-0.2, 0) is 0 Å². The Balaban J connectivity index is 2.47. The van der Waals surface area contributed by atoms with E-state index in [2.05, 4.69) is 19.9 Å². The third-order valence-electron chi connectivity index (χ3n) is 2.65. The molecule has 2 heteroatoms. The molecule has 0 spiro atoms. The molecule has 2 nitrogen and oxygen atoms in total. The van der Waals surface area contributed by atoms with E-state index in [-0.39, 0.29) is 5.92 Å². The van der Waals surface area contributed by atoms with Gasteiger partial charge in [-0.3, -0.25) is 0 Å². The Morgan fingerprint density at radius 2 is 2.07 bits per heavy atom. The van der Waals surface area contributed by atoms with Gasteiger partial charge in [0.05, 0.1) is 18.3 Å². The molecule has 0 aliphatic rings. The van der Waals surface area contributed by atoms with Crippen molar-refractivity contribution in [2.45, 2.75) is 19.8 Å². The molecule has 0 aliphatic heterocycles. The molecule has 76 valence electrons. The average Bonchev–Trinajstić information content (AvgIpc) is 2.65. The maximum absolute atomic E-state index is 9.09. The van der Waals surface area contributed by atoms with Gasteiger partial charge in [0.2, 0.25) is 0 Å². The van der Waals surface area contributed by atoms with Gasteiger partial charge in [-0.1, -0.05) is 26.0 Å². The SMILES string of the molecule is CC(C)C(C#N)c1ccc2ccoc2c1. The van der Waals surface area contributed by atoms with Crippen molar-refractivity contribution >= 4 is 11.0 Å². The van der Waals surface area contributed by atoms with Gasteiger partial charge in [-0.15, -0.1) is 0 Å². The van der Waals surface area contributed by atoms with Crippen molar-refractivity contribution in [2.24, 2.45) is 5.92 Å². The molecular formula is C13H13NO. The third-order valence-corrected chi connectivity index (χ3v) is 2.65. The summed E-state index contributed by atoms with van der Waals surface area (Å²) in [4.78, 5) is 0. The first-order valence-corrected chi connectivity index (χ1v) is 5.09. The number of nitriles is 1. The van der Waals surface area contributed by atoms with E-state index in [1.54, 1.807) is 6.26 Å². The molecule has 1 unspecified atom stereocenters. The second-order valence-electron chi connectivity index (χ2n) is 4.07. The molecule has 2 rings (SSSR count). The van der Waals surface area contributed by atoms with Crippen LogP contribution < -0.4 is 0 Å². The molecule has 0 saturated carbocycles. The van der Waals surface area contributed by atoms with Crippen LogP contribution in [0.4, 0.5) is 0 Å². The summed E-state index contributed by atoms with van der Waals surface area (Å²) in [5, 5.41) is 10.2. The average molecular weight is 199 g/mol. The fourth-order valence-electron chi connectivity index (χ4n) is 1.77. The lowest BCUT2D eigenvalue weighted by molar-refractivity contribution is 0.583. The summed E-state index contributed by atoms with van der Waals surface area (Å²) in [6.07, 6.45) is 1.67. The van der Waals surface area contributed by atoms with Crippen LogP contribution in [0.3, 0.4) is 0 Å². The molecule has 1 heterocycles. The van der Waals surface area contributed by atoms with E-state index >= 15 is 0 Å². The van der Waals surface area contributed by atoms with E-state index in [0.29, 0.717) is 5.92 Å². The van der Waals surface area contributed by atoms with Gasteiger partial charge in [0.15, 0.2) is 0 Å². The molecule has 0 saturated heterocycles. The van der Waals surface area contributed by atoms with Crippen LogP contribution in [0.2, 0.25) is 0 Å². The van der Waals surface area contributed by atoms with Gasteiger partial charge in [0.1, 0.15) is 5.58 Å². The highest BCUT2D eigenvalue weighted by Crippen LogP contribution is 2.27. The highest BCUT2D eigenvalue weighted by Gasteiger charge is 2.15. The Kier molecular flexibility index (Phi) is 2.47. The minimum atomic E-state index is -0.0560. The fourth-order valence-corrected chi connectivity index (χ4v) is 1.77. The van der Waals surface area contributed by atoms with E-state index in [9.17, 15) is 0 Å². The molecule has 1 atom stereocenters. The molecule has 1 aromatic heterocycles. The topological polar surface area (TPSA) is 36.9 Å². The van der Waals surface area contributed by atoms with Crippen molar-refractivity contribution in [1.29, 1.82) is 5.26 Å². The lowest BCUT2D eigenvalue weighted by Gasteiger charge is -2.12. The van der Waals surface area contributed by atoms with E-state index in [1.165, 1.54) is 0 Å². The molecule has 0 fully saturated rings. The Hall–Kier alpha value is -1.75. The summed E-state index contributed by atoms with van der Waals surface area (Å²) in [6, 6.07) is 10.2. The van der Waals surface area contributed by atoms with Crippen LogP contribution in [0.25, 0.3) is 11.0 Å². The first-order valence-electron chi connectivity index (χ1n) is 5.09. The molecule has 0 N–H and O–H groups in total. The van der Waals surface area contributed by atoms with Crippen LogP contribution in [0.5, 0.6) is 0 Å². The lowest BCUT2D eigenvalue weighted by Crippen LogP contribution is -2.03. The Morgan fingerprint density at radius 3 is 2.73 bits per heavy atom. The monoisotopic (exact) mass is 199 g/mol. The summed E-state index contributed by atoms with van der Waals surface area (Å²) in [7, 11) is 0. The van der Waals surface area contributed by atoms with E-state index < -0.39 is 0 Å². The first-order chi connectivity index (χ1) is 7.22. The maximum atomic E-state index is 9.09. The van der Waals surface area contributed by atoms with E-state index in [0.717, 1.165) is 16.5 Å². The molecular weight excluding hydrogens is 186 g/mol.